The predicted molar refractivity (Wildman–Crippen MR) is 70.1 cm³/mol. The zero-order valence-corrected chi connectivity index (χ0v) is 12.0. The average Bonchev–Trinajstić information content (AvgIpc) is 3.02. The first-order valence-corrected chi connectivity index (χ1v) is 7.78. The summed E-state index contributed by atoms with van der Waals surface area (Å²) in [4.78, 5) is 0. The second-order valence-electron chi connectivity index (χ2n) is 4.86. The molecule has 8 heteroatoms. The van der Waals surface area contributed by atoms with Crippen LogP contribution in [0.1, 0.15) is 25.3 Å². The molecular weight excluding hydrogens is 268 g/mol. The second-order valence-corrected chi connectivity index (χ2v) is 6.51. The Hall–Kier alpha value is -0.960. The molecule has 1 aliphatic rings. The molecule has 0 amide bonds. The molecule has 1 heterocycles. The van der Waals surface area contributed by atoms with Gasteiger partial charge in [0.25, 0.3) is 10.0 Å². The Morgan fingerprint density at radius 3 is 2.95 bits per heavy atom. The van der Waals surface area contributed by atoms with Crippen LogP contribution in [0, 0.1) is 0 Å². The van der Waals surface area contributed by atoms with Crippen molar-refractivity contribution in [3.05, 3.63) is 11.8 Å². The van der Waals surface area contributed by atoms with E-state index < -0.39 is 10.0 Å². The van der Waals surface area contributed by atoms with Crippen LogP contribution in [-0.4, -0.2) is 44.4 Å². The highest BCUT2D eigenvalue weighted by Crippen LogP contribution is 2.20. The molecule has 0 saturated heterocycles. The third kappa shape index (κ3) is 4.00. The van der Waals surface area contributed by atoms with Crippen molar-refractivity contribution >= 4 is 10.0 Å². The molecule has 0 bridgehead atoms. The largest absolute Gasteiger partial charge is 0.383 e. The van der Waals surface area contributed by atoms with E-state index in [-0.39, 0.29) is 11.1 Å². The molecule has 1 unspecified atom stereocenters. The number of aromatic amines is 1. The van der Waals surface area contributed by atoms with Crippen molar-refractivity contribution < 1.29 is 13.2 Å². The number of aromatic nitrogens is 2. The molecule has 108 valence electrons. The van der Waals surface area contributed by atoms with Gasteiger partial charge in [0.05, 0.1) is 12.8 Å². The van der Waals surface area contributed by atoms with Gasteiger partial charge in [0.2, 0.25) is 0 Å². The Kier molecular flexibility index (Phi) is 4.56. The molecule has 1 saturated carbocycles. The van der Waals surface area contributed by atoms with E-state index in [1.807, 2.05) is 0 Å². The smallest absolute Gasteiger partial charge is 0.258 e. The third-order valence-corrected chi connectivity index (χ3v) is 4.48. The number of methoxy groups -OCH3 is 1. The van der Waals surface area contributed by atoms with E-state index in [9.17, 15) is 8.42 Å². The van der Waals surface area contributed by atoms with Gasteiger partial charge in [-0.2, -0.15) is 5.10 Å². The average molecular weight is 288 g/mol. The zero-order chi connectivity index (χ0) is 13.9. The van der Waals surface area contributed by atoms with Crippen LogP contribution in [0.5, 0.6) is 0 Å². The standard InChI is InChI=1S/C11H20N4O3S/c1-8(7-18-2)15-19(16,17)11-9(6-13-14-11)5-12-10-3-4-10/h6,8,10,12,15H,3-5,7H2,1-2H3,(H,13,14). The summed E-state index contributed by atoms with van der Waals surface area (Å²) in [7, 11) is -2.05. The minimum Gasteiger partial charge on any atom is -0.383 e. The number of hydrogen-bond acceptors (Lipinski definition) is 5. The Bertz CT molecular complexity index is 510. The molecule has 1 aromatic rings. The summed E-state index contributed by atoms with van der Waals surface area (Å²) in [5.74, 6) is 0. The van der Waals surface area contributed by atoms with E-state index in [1.165, 1.54) is 7.11 Å². The Labute approximate surface area is 113 Å². The SMILES string of the molecule is COCC(C)NS(=O)(=O)c1[nH]ncc1CNC1CC1. The Morgan fingerprint density at radius 1 is 1.58 bits per heavy atom. The summed E-state index contributed by atoms with van der Waals surface area (Å²) in [6.07, 6.45) is 3.86. The van der Waals surface area contributed by atoms with Crippen LogP contribution in [-0.2, 0) is 21.3 Å². The molecule has 7 nitrogen and oxygen atoms in total. The summed E-state index contributed by atoms with van der Waals surface area (Å²) in [5, 5.41) is 9.78. The van der Waals surface area contributed by atoms with E-state index in [1.54, 1.807) is 13.1 Å². The second kappa shape index (κ2) is 6.00. The molecule has 1 atom stereocenters. The van der Waals surface area contributed by atoms with Gasteiger partial charge in [0.1, 0.15) is 0 Å². The van der Waals surface area contributed by atoms with Gasteiger partial charge in [-0.25, -0.2) is 13.1 Å². The van der Waals surface area contributed by atoms with Crippen molar-refractivity contribution in [3.63, 3.8) is 0 Å². The molecule has 1 fully saturated rings. The summed E-state index contributed by atoms with van der Waals surface area (Å²) in [6.45, 7) is 2.58. The van der Waals surface area contributed by atoms with Crippen molar-refractivity contribution in [1.29, 1.82) is 0 Å². The molecule has 19 heavy (non-hydrogen) atoms. The van der Waals surface area contributed by atoms with Crippen LogP contribution in [0.2, 0.25) is 0 Å². The van der Waals surface area contributed by atoms with E-state index in [2.05, 4.69) is 20.2 Å². The van der Waals surface area contributed by atoms with Crippen molar-refractivity contribution in [1.82, 2.24) is 20.2 Å². The first-order valence-electron chi connectivity index (χ1n) is 6.30. The summed E-state index contributed by atoms with van der Waals surface area (Å²) < 4.78 is 31.9. The lowest BCUT2D eigenvalue weighted by Gasteiger charge is -2.13. The highest BCUT2D eigenvalue weighted by molar-refractivity contribution is 7.89. The van der Waals surface area contributed by atoms with Crippen LogP contribution in [0.15, 0.2) is 11.2 Å². The van der Waals surface area contributed by atoms with E-state index >= 15 is 0 Å². The highest BCUT2D eigenvalue weighted by Gasteiger charge is 2.25. The van der Waals surface area contributed by atoms with Gasteiger partial charge in [0.15, 0.2) is 5.03 Å². The normalized spacial score (nSPS) is 17.6. The van der Waals surface area contributed by atoms with Gasteiger partial charge >= 0.3 is 0 Å². The van der Waals surface area contributed by atoms with E-state index in [0.29, 0.717) is 24.8 Å². The number of hydrogen-bond donors (Lipinski definition) is 3. The topological polar surface area (TPSA) is 96.1 Å². The Balaban J connectivity index is 2.04. The van der Waals surface area contributed by atoms with Crippen molar-refractivity contribution in [2.24, 2.45) is 0 Å². The fourth-order valence-electron chi connectivity index (χ4n) is 1.81. The molecule has 3 N–H and O–H groups in total. The summed E-state index contributed by atoms with van der Waals surface area (Å²) >= 11 is 0. The maximum atomic E-state index is 12.2. The summed E-state index contributed by atoms with van der Waals surface area (Å²) in [6, 6.07) is 0.230. The summed E-state index contributed by atoms with van der Waals surface area (Å²) in [5.41, 5.74) is 0.656. The van der Waals surface area contributed by atoms with Crippen LogP contribution < -0.4 is 10.0 Å². The first kappa shape index (κ1) is 14.4. The fourth-order valence-corrected chi connectivity index (χ4v) is 3.17. The number of sulfonamides is 1. The molecule has 0 spiro atoms. The predicted octanol–water partition coefficient (Wildman–Crippen LogP) is -0.0251. The van der Waals surface area contributed by atoms with Crippen LogP contribution in [0.25, 0.3) is 0 Å². The van der Waals surface area contributed by atoms with Crippen molar-refractivity contribution in [2.75, 3.05) is 13.7 Å². The van der Waals surface area contributed by atoms with Gasteiger partial charge in [-0.3, -0.25) is 5.10 Å². The number of rotatable bonds is 8. The van der Waals surface area contributed by atoms with Gasteiger partial charge in [-0.15, -0.1) is 0 Å². The van der Waals surface area contributed by atoms with Crippen molar-refractivity contribution in [3.8, 4) is 0 Å². The number of nitrogens with zero attached hydrogens (tertiary/aromatic N) is 1. The lowest BCUT2D eigenvalue weighted by molar-refractivity contribution is 0.180. The molecule has 1 aliphatic carbocycles. The van der Waals surface area contributed by atoms with Crippen LogP contribution >= 0.6 is 0 Å². The number of nitrogens with one attached hydrogen (secondary N) is 3. The minimum absolute atomic E-state index is 0.128. The molecule has 2 rings (SSSR count). The zero-order valence-electron chi connectivity index (χ0n) is 11.1. The lowest BCUT2D eigenvalue weighted by atomic mass is 10.3. The molecule has 0 aromatic carbocycles. The fraction of sp³-hybridized carbons (Fsp3) is 0.727. The van der Waals surface area contributed by atoms with E-state index in [4.69, 9.17) is 4.74 Å². The number of ether oxygens (including phenoxy) is 1. The maximum Gasteiger partial charge on any atom is 0.258 e. The van der Waals surface area contributed by atoms with E-state index in [0.717, 1.165) is 12.8 Å². The third-order valence-electron chi connectivity index (χ3n) is 2.88. The minimum atomic E-state index is -3.58. The molecule has 1 aromatic heterocycles. The Morgan fingerprint density at radius 2 is 2.32 bits per heavy atom. The highest BCUT2D eigenvalue weighted by atomic mass is 32.2. The monoisotopic (exact) mass is 288 g/mol. The van der Waals surface area contributed by atoms with Crippen LogP contribution in [0.4, 0.5) is 0 Å². The molecular formula is C11H20N4O3S. The van der Waals surface area contributed by atoms with Gasteiger partial charge in [0, 0.05) is 31.3 Å². The quantitative estimate of drug-likeness (QED) is 0.624. The number of H-pyrrole nitrogens is 1. The van der Waals surface area contributed by atoms with Crippen LogP contribution in [0.3, 0.4) is 0 Å². The first-order chi connectivity index (χ1) is 9.03. The lowest BCUT2D eigenvalue weighted by Crippen LogP contribution is -2.36. The van der Waals surface area contributed by atoms with Gasteiger partial charge < -0.3 is 10.1 Å². The maximum absolute atomic E-state index is 12.2. The van der Waals surface area contributed by atoms with Crippen molar-refractivity contribution in [2.45, 2.75) is 43.4 Å². The molecule has 0 radical (unpaired) electrons. The van der Waals surface area contributed by atoms with Gasteiger partial charge in [-0.1, -0.05) is 0 Å². The van der Waals surface area contributed by atoms with Gasteiger partial charge in [-0.05, 0) is 19.8 Å². The molecule has 0 aliphatic heterocycles.